The van der Waals surface area contributed by atoms with Gasteiger partial charge in [-0.25, -0.2) is 9.97 Å². The summed E-state index contributed by atoms with van der Waals surface area (Å²) < 4.78 is 6.90. The van der Waals surface area contributed by atoms with Crippen molar-refractivity contribution in [3.63, 3.8) is 0 Å². The Morgan fingerprint density at radius 2 is 2.30 bits per heavy atom. The number of halogens is 1. The molecule has 2 heterocycles. The number of fused-ring (bicyclic) bond motifs is 1. The first-order valence-electron chi connectivity index (χ1n) is 6.69. The molecule has 0 fully saturated rings. The number of carbonyl (C=O) groups is 1. The van der Waals surface area contributed by atoms with Crippen molar-refractivity contribution in [2.75, 3.05) is 6.61 Å². The first kappa shape index (κ1) is 14.8. The van der Waals surface area contributed by atoms with Crippen molar-refractivity contribution in [1.82, 2.24) is 14.5 Å². The van der Waals surface area contributed by atoms with E-state index in [-0.39, 0.29) is 5.97 Å². The van der Waals surface area contributed by atoms with Gasteiger partial charge in [-0.3, -0.25) is 4.79 Å². The summed E-state index contributed by atoms with van der Waals surface area (Å²) in [5, 5.41) is 0. The van der Waals surface area contributed by atoms with Gasteiger partial charge >= 0.3 is 5.97 Å². The molecule has 0 aliphatic carbocycles. The van der Waals surface area contributed by atoms with Crippen molar-refractivity contribution in [1.29, 1.82) is 0 Å². The summed E-state index contributed by atoms with van der Waals surface area (Å²) in [6.45, 7) is 4.88. The van der Waals surface area contributed by atoms with Gasteiger partial charge in [0.25, 0.3) is 0 Å². The van der Waals surface area contributed by atoms with Gasteiger partial charge in [0.1, 0.15) is 11.3 Å². The number of esters is 1. The Labute approximate surface area is 122 Å². The topological polar surface area (TPSA) is 57.0 Å². The average molecular weight is 296 g/mol. The molecular weight excluding hydrogens is 278 g/mol. The van der Waals surface area contributed by atoms with Crippen molar-refractivity contribution in [3.05, 3.63) is 23.7 Å². The van der Waals surface area contributed by atoms with E-state index in [1.807, 2.05) is 17.6 Å². The highest BCUT2D eigenvalue weighted by Crippen LogP contribution is 2.19. The van der Waals surface area contributed by atoms with Crippen molar-refractivity contribution in [2.45, 2.75) is 39.1 Å². The van der Waals surface area contributed by atoms with Gasteiger partial charge < -0.3 is 9.30 Å². The number of imidazole rings is 1. The molecule has 0 saturated heterocycles. The Morgan fingerprint density at radius 3 is 3.00 bits per heavy atom. The van der Waals surface area contributed by atoms with Crippen LogP contribution in [0, 0.1) is 6.92 Å². The lowest BCUT2D eigenvalue weighted by Gasteiger charge is -2.07. The molecule has 0 aliphatic rings. The minimum Gasteiger partial charge on any atom is -0.466 e. The molecule has 0 saturated carbocycles. The van der Waals surface area contributed by atoms with Gasteiger partial charge in [0, 0.05) is 19.2 Å². The van der Waals surface area contributed by atoms with E-state index in [0.29, 0.717) is 31.9 Å². The molecule has 2 aromatic heterocycles. The van der Waals surface area contributed by atoms with Crippen molar-refractivity contribution in [3.8, 4) is 0 Å². The lowest BCUT2D eigenvalue weighted by atomic mass is 10.2. The molecule has 0 spiro atoms. The molecule has 0 bridgehead atoms. The van der Waals surface area contributed by atoms with E-state index in [1.165, 1.54) is 0 Å². The van der Waals surface area contributed by atoms with E-state index in [0.717, 1.165) is 22.6 Å². The Kier molecular flexibility index (Phi) is 4.95. The molecule has 0 N–H and O–H groups in total. The van der Waals surface area contributed by atoms with Crippen LogP contribution in [0.4, 0.5) is 0 Å². The molecule has 6 heteroatoms. The molecule has 2 aromatic rings. The summed E-state index contributed by atoms with van der Waals surface area (Å²) in [6.07, 6.45) is 2.84. The lowest BCUT2D eigenvalue weighted by Crippen LogP contribution is -2.08. The lowest BCUT2D eigenvalue weighted by molar-refractivity contribution is -0.143. The SMILES string of the molecule is CCOC(=O)CCCn1c(CCl)nc2c(C)ccnc21. The van der Waals surface area contributed by atoms with Gasteiger partial charge in [0.15, 0.2) is 5.65 Å². The van der Waals surface area contributed by atoms with Gasteiger partial charge in [-0.1, -0.05) is 0 Å². The number of aromatic nitrogens is 3. The zero-order valence-electron chi connectivity index (χ0n) is 11.7. The second-order valence-corrected chi connectivity index (χ2v) is 4.79. The van der Waals surface area contributed by atoms with Crippen LogP contribution in [0.2, 0.25) is 0 Å². The highest BCUT2D eigenvalue weighted by atomic mass is 35.5. The number of carbonyl (C=O) groups excluding carboxylic acids is 1. The van der Waals surface area contributed by atoms with Crippen LogP contribution >= 0.6 is 11.6 Å². The van der Waals surface area contributed by atoms with Gasteiger partial charge in [-0.05, 0) is 31.9 Å². The molecule has 0 aromatic carbocycles. The largest absolute Gasteiger partial charge is 0.466 e. The number of ether oxygens (including phenoxy) is 1. The molecule has 0 atom stereocenters. The Morgan fingerprint density at radius 1 is 1.50 bits per heavy atom. The number of rotatable bonds is 6. The summed E-state index contributed by atoms with van der Waals surface area (Å²) in [5.41, 5.74) is 2.77. The third-order valence-corrected chi connectivity index (χ3v) is 3.34. The summed E-state index contributed by atoms with van der Waals surface area (Å²) >= 11 is 5.94. The highest BCUT2D eigenvalue weighted by molar-refractivity contribution is 6.16. The number of pyridine rings is 1. The third kappa shape index (κ3) is 3.10. The summed E-state index contributed by atoms with van der Waals surface area (Å²) in [4.78, 5) is 20.2. The molecule has 0 radical (unpaired) electrons. The van der Waals surface area contributed by atoms with E-state index < -0.39 is 0 Å². The second-order valence-electron chi connectivity index (χ2n) is 4.52. The first-order valence-corrected chi connectivity index (χ1v) is 7.23. The van der Waals surface area contributed by atoms with E-state index in [4.69, 9.17) is 16.3 Å². The molecular formula is C14H18ClN3O2. The maximum atomic E-state index is 11.4. The maximum absolute atomic E-state index is 11.4. The molecule has 20 heavy (non-hydrogen) atoms. The summed E-state index contributed by atoms with van der Waals surface area (Å²) in [7, 11) is 0. The normalized spacial score (nSPS) is 10.9. The van der Waals surface area contributed by atoms with E-state index in [9.17, 15) is 4.79 Å². The fraction of sp³-hybridized carbons (Fsp3) is 0.500. The van der Waals surface area contributed by atoms with E-state index in [1.54, 1.807) is 13.1 Å². The van der Waals surface area contributed by atoms with Crippen LogP contribution in [0.5, 0.6) is 0 Å². The summed E-state index contributed by atoms with van der Waals surface area (Å²) in [5.74, 6) is 0.940. The second kappa shape index (κ2) is 6.70. The average Bonchev–Trinajstić information content (AvgIpc) is 2.79. The molecule has 0 amide bonds. The number of hydrogen-bond acceptors (Lipinski definition) is 4. The minimum atomic E-state index is -0.173. The van der Waals surface area contributed by atoms with Crippen molar-refractivity contribution in [2.24, 2.45) is 0 Å². The van der Waals surface area contributed by atoms with Crippen LogP contribution in [-0.2, 0) is 22.0 Å². The number of hydrogen-bond donors (Lipinski definition) is 0. The van der Waals surface area contributed by atoms with Crippen LogP contribution in [0.1, 0.15) is 31.2 Å². The predicted molar refractivity (Wildman–Crippen MR) is 77.7 cm³/mol. The highest BCUT2D eigenvalue weighted by Gasteiger charge is 2.13. The monoisotopic (exact) mass is 295 g/mol. The van der Waals surface area contributed by atoms with Gasteiger partial charge in [-0.2, -0.15) is 0 Å². The van der Waals surface area contributed by atoms with Crippen LogP contribution in [-0.4, -0.2) is 27.1 Å². The first-order chi connectivity index (χ1) is 9.67. The maximum Gasteiger partial charge on any atom is 0.305 e. The number of alkyl halides is 1. The fourth-order valence-corrected chi connectivity index (χ4v) is 2.34. The van der Waals surface area contributed by atoms with Crippen molar-refractivity contribution >= 4 is 28.7 Å². The van der Waals surface area contributed by atoms with Gasteiger partial charge in [-0.15, -0.1) is 11.6 Å². The smallest absolute Gasteiger partial charge is 0.305 e. The number of nitrogens with zero attached hydrogens (tertiary/aromatic N) is 3. The Hall–Kier alpha value is -1.62. The Bertz CT molecular complexity index is 610. The van der Waals surface area contributed by atoms with E-state index in [2.05, 4.69) is 9.97 Å². The van der Waals surface area contributed by atoms with Gasteiger partial charge in [0.2, 0.25) is 0 Å². The van der Waals surface area contributed by atoms with Crippen LogP contribution < -0.4 is 0 Å². The molecule has 5 nitrogen and oxygen atoms in total. The fourth-order valence-electron chi connectivity index (χ4n) is 2.14. The minimum absolute atomic E-state index is 0.173. The van der Waals surface area contributed by atoms with Gasteiger partial charge in [0.05, 0.1) is 12.5 Å². The van der Waals surface area contributed by atoms with Crippen LogP contribution in [0.25, 0.3) is 11.2 Å². The number of aryl methyl sites for hydroxylation is 2. The molecule has 0 unspecified atom stereocenters. The zero-order valence-corrected chi connectivity index (χ0v) is 12.5. The third-order valence-electron chi connectivity index (χ3n) is 3.10. The zero-order chi connectivity index (χ0) is 14.5. The molecule has 108 valence electrons. The van der Waals surface area contributed by atoms with Crippen molar-refractivity contribution < 1.29 is 9.53 Å². The van der Waals surface area contributed by atoms with Crippen LogP contribution in [0.3, 0.4) is 0 Å². The van der Waals surface area contributed by atoms with E-state index >= 15 is 0 Å². The van der Waals surface area contributed by atoms with Crippen LogP contribution in [0.15, 0.2) is 12.3 Å². The molecule has 0 aliphatic heterocycles. The predicted octanol–water partition coefficient (Wildman–Crippen LogP) is 2.82. The Balaban J connectivity index is 2.16. The summed E-state index contributed by atoms with van der Waals surface area (Å²) in [6, 6.07) is 1.93. The quantitative estimate of drug-likeness (QED) is 0.607. The standard InChI is InChI=1S/C14H18ClN3O2/c1-3-20-12(19)5-4-8-18-11(9-15)17-13-10(2)6-7-16-14(13)18/h6-7H,3-5,8-9H2,1-2H3. The molecule has 2 rings (SSSR count).